The van der Waals surface area contributed by atoms with Crippen molar-refractivity contribution in [2.75, 3.05) is 35.8 Å². The van der Waals surface area contributed by atoms with Gasteiger partial charge in [-0.1, -0.05) is 42.5 Å². The van der Waals surface area contributed by atoms with Gasteiger partial charge in [-0.25, -0.2) is 8.42 Å². The second-order valence-corrected chi connectivity index (χ2v) is 9.80. The van der Waals surface area contributed by atoms with E-state index in [1.165, 1.54) is 12.1 Å². The monoisotopic (exact) mass is 495 g/mol. The fourth-order valence-electron chi connectivity index (χ4n) is 3.61. The second kappa shape index (κ2) is 10.5. The summed E-state index contributed by atoms with van der Waals surface area (Å²) in [5.41, 5.74) is 1.93. The Morgan fingerprint density at radius 1 is 0.943 bits per heavy atom. The number of para-hydroxylation sites is 1. The standard InChI is InChI=1S/C25H25N3O6S/c1-35(31,32)28(19-11-12-22-23(15-19)34-17-33-22)16-24(29)27-21-10-6-5-9-20(21)25(30)26-14-13-18-7-3-2-4-8-18/h2-12,15H,13-14,16-17H2,1H3,(H,26,30)(H,27,29). The molecule has 4 rings (SSSR count). The molecule has 0 aliphatic carbocycles. The van der Waals surface area contributed by atoms with E-state index in [1.54, 1.807) is 30.3 Å². The zero-order chi connectivity index (χ0) is 24.8. The highest BCUT2D eigenvalue weighted by atomic mass is 32.2. The molecule has 1 aliphatic heterocycles. The Bertz CT molecular complexity index is 1330. The number of nitrogens with zero attached hydrogens (tertiary/aromatic N) is 1. The minimum absolute atomic E-state index is 0.0440. The van der Waals surface area contributed by atoms with Crippen molar-refractivity contribution < 1.29 is 27.5 Å². The highest BCUT2D eigenvalue weighted by Gasteiger charge is 2.24. The second-order valence-electron chi connectivity index (χ2n) is 7.89. The molecule has 0 unspecified atom stereocenters. The number of benzene rings is 3. The van der Waals surface area contributed by atoms with E-state index in [4.69, 9.17) is 9.47 Å². The molecular weight excluding hydrogens is 470 g/mol. The summed E-state index contributed by atoms with van der Waals surface area (Å²) in [4.78, 5) is 25.6. The van der Waals surface area contributed by atoms with Crippen molar-refractivity contribution in [3.05, 3.63) is 83.9 Å². The fraction of sp³-hybridized carbons (Fsp3) is 0.200. The molecule has 182 valence electrons. The largest absolute Gasteiger partial charge is 0.454 e. The highest BCUT2D eigenvalue weighted by Crippen LogP contribution is 2.36. The van der Waals surface area contributed by atoms with Crippen molar-refractivity contribution in [3.8, 4) is 11.5 Å². The van der Waals surface area contributed by atoms with Crippen LogP contribution in [0, 0.1) is 0 Å². The van der Waals surface area contributed by atoms with E-state index >= 15 is 0 Å². The molecule has 3 aromatic rings. The van der Waals surface area contributed by atoms with Crippen molar-refractivity contribution in [3.63, 3.8) is 0 Å². The first-order chi connectivity index (χ1) is 16.8. The third-order valence-electron chi connectivity index (χ3n) is 5.32. The highest BCUT2D eigenvalue weighted by molar-refractivity contribution is 7.92. The smallest absolute Gasteiger partial charge is 0.253 e. The van der Waals surface area contributed by atoms with Crippen LogP contribution in [0.15, 0.2) is 72.8 Å². The average Bonchev–Trinajstić information content (AvgIpc) is 3.31. The quantitative estimate of drug-likeness (QED) is 0.472. The van der Waals surface area contributed by atoms with E-state index in [-0.39, 0.29) is 29.6 Å². The summed E-state index contributed by atoms with van der Waals surface area (Å²) in [7, 11) is -3.79. The number of fused-ring (bicyclic) bond motifs is 1. The van der Waals surface area contributed by atoms with Crippen LogP contribution in [0.2, 0.25) is 0 Å². The van der Waals surface area contributed by atoms with Gasteiger partial charge in [-0.3, -0.25) is 13.9 Å². The van der Waals surface area contributed by atoms with E-state index in [1.807, 2.05) is 30.3 Å². The van der Waals surface area contributed by atoms with Crippen molar-refractivity contribution in [2.45, 2.75) is 6.42 Å². The minimum atomic E-state index is -3.79. The Balaban J connectivity index is 1.44. The lowest BCUT2D eigenvalue weighted by Gasteiger charge is -2.22. The summed E-state index contributed by atoms with van der Waals surface area (Å²) < 4.78 is 36.4. The van der Waals surface area contributed by atoms with Gasteiger partial charge < -0.3 is 20.1 Å². The SMILES string of the molecule is CS(=O)(=O)N(CC(=O)Nc1ccccc1C(=O)NCCc1ccccc1)c1ccc2c(c1)OCO2. The Kier molecular flexibility index (Phi) is 7.21. The van der Waals surface area contributed by atoms with Crippen molar-refractivity contribution in [2.24, 2.45) is 0 Å². The van der Waals surface area contributed by atoms with Crippen molar-refractivity contribution in [1.29, 1.82) is 0 Å². The predicted octanol–water partition coefficient (Wildman–Crippen LogP) is 2.79. The molecule has 35 heavy (non-hydrogen) atoms. The van der Waals surface area contributed by atoms with Crippen molar-refractivity contribution in [1.82, 2.24) is 5.32 Å². The molecule has 10 heteroatoms. The summed E-state index contributed by atoms with van der Waals surface area (Å²) in [6, 6.07) is 21.0. The van der Waals surface area contributed by atoms with Crippen LogP contribution >= 0.6 is 0 Å². The summed E-state index contributed by atoms with van der Waals surface area (Å²) >= 11 is 0. The van der Waals surface area contributed by atoms with Crippen LogP contribution in [-0.4, -0.2) is 46.4 Å². The summed E-state index contributed by atoms with van der Waals surface area (Å²) in [6.45, 7) is -0.0120. The fourth-order valence-corrected chi connectivity index (χ4v) is 4.46. The van der Waals surface area contributed by atoms with Gasteiger partial charge in [-0.15, -0.1) is 0 Å². The van der Waals surface area contributed by atoms with Gasteiger partial charge in [0.2, 0.25) is 22.7 Å². The number of hydrogen-bond acceptors (Lipinski definition) is 6. The van der Waals surface area contributed by atoms with Gasteiger partial charge in [0.25, 0.3) is 5.91 Å². The van der Waals surface area contributed by atoms with Crippen molar-refractivity contribution >= 4 is 33.2 Å². The van der Waals surface area contributed by atoms with Gasteiger partial charge in [-0.2, -0.15) is 0 Å². The number of carbonyl (C=O) groups is 2. The summed E-state index contributed by atoms with van der Waals surface area (Å²) in [6.07, 6.45) is 1.68. The molecule has 2 N–H and O–H groups in total. The molecule has 0 atom stereocenters. The number of rotatable bonds is 9. The first kappa shape index (κ1) is 24.1. The molecule has 2 amide bonds. The summed E-state index contributed by atoms with van der Waals surface area (Å²) in [5.74, 6) is -0.0434. The molecule has 1 aliphatic rings. The maximum absolute atomic E-state index is 12.8. The van der Waals surface area contributed by atoms with Crippen LogP contribution in [0.5, 0.6) is 11.5 Å². The topological polar surface area (TPSA) is 114 Å². The van der Waals surface area contributed by atoms with Crippen LogP contribution < -0.4 is 24.4 Å². The Morgan fingerprint density at radius 2 is 1.66 bits per heavy atom. The van der Waals surface area contributed by atoms with Gasteiger partial charge in [-0.05, 0) is 36.2 Å². The third-order valence-corrected chi connectivity index (χ3v) is 6.46. The minimum Gasteiger partial charge on any atom is -0.454 e. The predicted molar refractivity (Wildman–Crippen MR) is 132 cm³/mol. The Hall–Kier alpha value is -4.05. The summed E-state index contributed by atoms with van der Waals surface area (Å²) in [5, 5.41) is 5.52. The molecule has 0 aromatic heterocycles. The molecule has 9 nitrogen and oxygen atoms in total. The van der Waals surface area contributed by atoms with Gasteiger partial charge in [0.15, 0.2) is 11.5 Å². The van der Waals surface area contributed by atoms with Gasteiger partial charge in [0.05, 0.1) is 23.2 Å². The van der Waals surface area contributed by atoms with Crippen LogP contribution in [0.1, 0.15) is 15.9 Å². The lowest BCUT2D eigenvalue weighted by molar-refractivity contribution is -0.114. The maximum atomic E-state index is 12.8. The van der Waals surface area contributed by atoms with Gasteiger partial charge >= 0.3 is 0 Å². The number of anilines is 2. The van der Waals surface area contributed by atoms with Gasteiger partial charge in [0, 0.05) is 12.6 Å². The van der Waals surface area contributed by atoms with E-state index < -0.39 is 22.5 Å². The van der Waals surface area contributed by atoms with E-state index in [0.29, 0.717) is 24.5 Å². The molecule has 0 spiro atoms. The molecule has 0 saturated carbocycles. The first-order valence-corrected chi connectivity index (χ1v) is 12.7. The number of nitrogens with one attached hydrogen (secondary N) is 2. The van der Waals surface area contributed by atoms with Crippen LogP contribution in [0.4, 0.5) is 11.4 Å². The van der Waals surface area contributed by atoms with E-state index in [2.05, 4.69) is 10.6 Å². The lowest BCUT2D eigenvalue weighted by Crippen LogP contribution is -2.37. The number of sulfonamides is 1. The molecular formula is C25H25N3O6S. The molecule has 3 aromatic carbocycles. The Morgan fingerprint density at radius 3 is 2.43 bits per heavy atom. The van der Waals surface area contributed by atoms with E-state index in [0.717, 1.165) is 16.1 Å². The number of hydrogen-bond donors (Lipinski definition) is 2. The zero-order valence-corrected chi connectivity index (χ0v) is 19.9. The molecule has 0 radical (unpaired) electrons. The van der Waals surface area contributed by atoms with E-state index in [9.17, 15) is 18.0 Å². The maximum Gasteiger partial charge on any atom is 0.253 e. The Labute approximate surface area is 203 Å². The molecule has 0 saturated heterocycles. The number of ether oxygens (including phenoxy) is 2. The lowest BCUT2D eigenvalue weighted by atomic mass is 10.1. The first-order valence-electron chi connectivity index (χ1n) is 10.9. The van der Waals surface area contributed by atoms with Crippen LogP contribution in [-0.2, 0) is 21.2 Å². The normalized spacial score (nSPS) is 12.1. The number of carbonyl (C=O) groups excluding carboxylic acids is 2. The molecule has 1 heterocycles. The zero-order valence-electron chi connectivity index (χ0n) is 19.1. The van der Waals surface area contributed by atoms with Gasteiger partial charge in [0.1, 0.15) is 6.54 Å². The van der Waals surface area contributed by atoms with Crippen LogP contribution in [0.3, 0.4) is 0 Å². The van der Waals surface area contributed by atoms with Crippen LogP contribution in [0.25, 0.3) is 0 Å². The number of amides is 2. The molecule has 0 bridgehead atoms. The average molecular weight is 496 g/mol. The third kappa shape index (κ3) is 6.10. The molecule has 0 fully saturated rings.